The molecule has 0 unspecified atom stereocenters. The Morgan fingerprint density at radius 2 is 1.88 bits per heavy atom. The normalized spacial score (nSPS) is 11.2. The van der Waals surface area contributed by atoms with Gasteiger partial charge in [-0.1, -0.05) is 30.7 Å². The fourth-order valence-corrected chi connectivity index (χ4v) is 2.96. The van der Waals surface area contributed by atoms with E-state index in [9.17, 15) is 17.6 Å². The molecule has 2 aromatic carbocycles. The monoisotopic (exact) mass is 386 g/mol. The van der Waals surface area contributed by atoms with Crippen molar-refractivity contribution >= 4 is 27.5 Å². The third kappa shape index (κ3) is 5.42. The predicted molar refractivity (Wildman–Crippen MR) is 91.2 cm³/mol. The molecule has 134 valence electrons. The third-order valence-electron chi connectivity index (χ3n) is 3.23. The summed E-state index contributed by atoms with van der Waals surface area (Å²) in [6, 6.07) is 10.1. The van der Waals surface area contributed by atoms with E-state index in [-0.39, 0.29) is 16.5 Å². The topological polar surface area (TPSA) is 84.5 Å². The summed E-state index contributed by atoms with van der Waals surface area (Å²) in [6.07, 6.45) is 0.885. The Labute approximate surface area is 150 Å². The second-order valence-electron chi connectivity index (χ2n) is 5.02. The van der Waals surface area contributed by atoms with Crippen LogP contribution in [0, 0.1) is 5.82 Å². The number of carbonyl (C=O) groups is 1. The molecule has 0 radical (unpaired) electrons. The predicted octanol–water partition coefficient (Wildman–Crippen LogP) is 2.43. The Morgan fingerprint density at radius 3 is 2.48 bits per heavy atom. The highest BCUT2D eigenvalue weighted by Crippen LogP contribution is 2.19. The minimum absolute atomic E-state index is 0.282. The average Bonchev–Trinajstić information content (AvgIpc) is 2.61. The van der Waals surface area contributed by atoms with E-state index in [1.807, 2.05) is 29.3 Å². The number of carbonyl (C=O) groups excluding carboxylic acids is 1. The van der Waals surface area contributed by atoms with Crippen molar-refractivity contribution in [1.82, 2.24) is 10.3 Å². The summed E-state index contributed by atoms with van der Waals surface area (Å²) >= 11 is 5.55. The Balaban J connectivity index is 1.88. The highest BCUT2D eigenvalue weighted by Gasteiger charge is 2.17. The van der Waals surface area contributed by atoms with E-state index in [2.05, 4.69) is 0 Å². The number of aryl methyl sites for hydroxylation is 1. The Hall–Kier alpha value is -2.16. The molecular weight excluding hydrogens is 371 g/mol. The molecule has 1 amide bonds. The van der Waals surface area contributed by atoms with Gasteiger partial charge in [-0.05, 0) is 42.3 Å². The van der Waals surface area contributed by atoms with E-state index in [0.717, 1.165) is 30.2 Å². The molecule has 0 spiro atoms. The minimum atomic E-state index is -4.08. The molecule has 2 aromatic rings. The summed E-state index contributed by atoms with van der Waals surface area (Å²) in [5.41, 5.74) is 3.14. The van der Waals surface area contributed by atoms with E-state index in [0.29, 0.717) is 5.75 Å². The van der Waals surface area contributed by atoms with Crippen LogP contribution >= 0.6 is 11.6 Å². The summed E-state index contributed by atoms with van der Waals surface area (Å²) in [5.74, 6) is -0.955. The number of ether oxygens (including phenoxy) is 1. The van der Waals surface area contributed by atoms with Gasteiger partial charge in [0.2, 0.25) is 0 Å². The number of halogens is 2. The highest BCUT2D eigenvalue weighted by atomic mass is 35.5. The second-order valence-corrected chi connectivity index (χ2v) is 7.11. The van der Waals surface area contributed by atoms with Gasteiger partial charge < -0.3 is 4.74 Å². The molecule has 0 aliphatic heterocycles. The Bertz CT molecular complexity index is 857. The molecule has 0 aliphatic rings. The van der Waals surface area contributed by atoms with Gasteiger partial charge in [0, 0.05) is 0 Å². The minimum Gasteiger partial charge on any atom is -0.484 e. The van der Waals surface area contributed by atoms with Crippen LogP contribution in [-0.4, -0.2) is 20.9 Å². The van der Waals surface area contributed by atoms with Gasteiger partial charge in [0.15, 0.2) is 6.61 Å². The van der Waals surface area contributed by atoms with Crippen molar-refractivity contribution in [3.63, 3.8) is 0 Å². The number of sulfonamides is 1. The van der Waals surface area contributed by atoms with Crippen molar-refractivity contribution < 1.29 is 22.3 Å². The van der Waals surface area contributed by atoms with Crippen LogP contribution in [0.1, 0.15) is 12.5 Å². The zero-order chi connectivity index (χ0) is 18.4. The van der Waals surface area contributed by atoms with E-state index in [4.69, 9.17) is 16.3 Å². The molecule has 0 saturated heterocycles. The van der Waals surface area contributed by atoms with Gasteiger partial charge in [0.05, 0.1) is 9.92 Å². The van der Waals surface area contributed by atoms with Crippen LogP contribution in [0.5, 0.6) is 5.75 Å². The first kappa shape index (κ1) is 19.2. The van der Waals surface area contributed by atoms with Crippen molar-refractivity contribution in [1.29, 1.82) is 0 Å². The van der Waals surface area contributed by atoms with Crippen LogP contribution in [-0.2, 0) is 21.2 Å². The summed E-state index contributed by atoms with van der Waals surface area (Å²) in [4.78, 5) is 13.3. The quantitative estimate of drug-likeness (QED) is 0.716. The number of benzene rings is 2. The average molecular weight is 387 g/mol. The lowest BCUT2D eigenvalue weighted by Crippen LogP contribution is -2.43. The van der Waals surface area contributed by atoms with Gasteiger partial charge in [-0.3, -0.25) is 10.2 Å². The molecule has 0 aromatic heterocycles. The lowest BCUT2D eigenvalue weighted by molar-refractivity contribution is -0.123. The fraction of sp³-hybridized carbons (Fsp3) is 0.188. The maximum absolute atomic E-state index is 13.1. The maximum Gasteiger partial charge on any atom is 0.272 e. The van der Waals surface area contributed by atoms with Gasteiger partial charge in [0.1, 0.15) is 11.6 Å². The van der Waals surface area contributed by atoms with Crippen molar-refractivity contribution in [2.75, 3.05) is 6.61 Å². The lowest BCUT2D eigenvalue weighted by atomic mass is 10.2. The molecule has 0 atom stereocenters. The van der Waals surface area contributed by atoms with E-state index < -0.39 is 21.7 Å². The molecule has 25 heavy (non-hydrogen) atoms. The smallest absolute Gasteiger partial charge is 0.272 e. The molecule has 0 saturated carbocycles. The van der Waals surface area contributed by atoms with Crippen molar-refractivity contribution in [2.45, 2.75) is 18.2 Å². The van der Waals surface area contributed by atoms with Gasteiger partial charge in [-0.15, -0.1) is 4.83 Å². The molecule has 6 nitrogen and oxygen atoms in total. The molecule has 0 heterocycles. The zero-order valence-electron chi connectivity index (χ0n) is 13.3. The summed E-state index contributed by atoms with van der Waals surface area (Å²) in [7, 11) is -4.08. The largest absolute Gasteiger partial charge is 0.484 e. The molecular formula is C16H16ClFN2O4S. The third-order valence-corrected chi connectivity index (χ3v) is 4.76. The van der Waals surface area contributed by atoms with Crippen molar-refractivity contribution in [3.8, 4) is 5.75 Å². The maximum atomic E-state index is 13.1. The van der Waals surface area contributed by atoms with Crippen LogP contribution in [0.3, 0.4) is 0 Å². The Kier molecular flexibility index (Phi) is 6.35. The van der Waals surface area contributed by atoms with Crippen LogP contribution in [0.25, 0.3) is 0 Å². The van der Waals surface area contributed by atoms with Crippen molar-refractivity contribution in [3.05, 3.63) is 58.9 Å². The fourth-order valence-electron chi connectivity index (χ4n) is 1.83. The lowest BCUT2D eigenvalue weighted by Gasteiger charge is -2.10. The van der Waals surface area contributed by atoms with E-state index in [1.165, 1.54) is 0 Å². The summed E-state index contributed by atoms with van der Waals surface area (Å²) in [6.45, 7) is 1.64. The van der Waals surface area contributed by atoms with Gasteiger partial charge >= 0.3 is 0 Å². The van der Waals surface area contributed by atoms with Crippen LogP contribution in [0.4, 0.5) is 4.39 Å². The number of rotatable bonds is 7. The van der Waals surface area contributed by atoms with Gasteiger partial charge in [0.25, 0.3) is 15.9 Å². The standard InChI is InChI=1S/C16H16ClFN2O4S/c1-2-11-3-5-12(6-4-11)24-10-16(21)19-20-25(22,23)13-7-8-15(18)14(17)9-13/h3-9,20H,2,10H2,1H3,(H,19,21). The molecule has 0 aliphatic carbocycles. The summed E-state index contributed by atoms with van der Waals surface area (Å²) < 4.78 is 42.3. The number of hydrogen-bond donors (Lipinski definition) is 2. The van der Waals surface area contributed by atoms with E-state index in [1.54, 1.807) is 12.1 Å². The SMILES string of the molecule is CCc1ccc(OCC(=O)NNS(=O)(=O)c2ccc(F)c(Cl)c2)cc1. The second kappa shape index (κ2) is 8.28. The first-order chi connectivity index (χ1) is 11.8. The molecule has 0 fully saturated rings. The summed E-state index contributed by atoms with van der Waals surface area (Å²) in [5, 5.41) is -0.340. The van der Waals surface area contributed by atoms with Gasteiger partial charge in [-0.25, -0.2) is 12.8 Å². The van der Waals surface area contributed by atoms with Crippen LogP contribution in [0.15, 0.2) is 47.4 Å². The molecule has 9 heteroatoms. The highest BCUT2D eigenvalue weighted by molar-refractivity contribution is 7.89. The first-order valence-corrected chi connectivity index (χ1v) is 9.15. The van der Waals surface area contributed by atoms with Crippen LogP contribution in [0.2, 0.25) is 5.02 Å². The number of amides is 1. The van der Waals surface area contributed by atoms with Crippen molar-refractivity contribution in [2.24, 2.45) is 0 Å². The first-order valence-electron chi connectivity index (χ1n) is 7.29. The number of nitrogens with one attached hydrogen (secondary N) is 2. The molecule has 0 bridgehead atoms. The number of hydrazine groups is 1. The van der Waals surface area contributed by atoms with Crippen LogP contribution < -0.4 is 15.0 Å². The Morgan fingerprint density at radius 1 is 1.20 bits per heavy atom. The van der Waals surface area contributed by atoms with E-state index >= 15 is 0 Å². The molecule has 2 N–H and O–H groups in total. The zero-order valence-corrected chi connectivity index (χ0v) is 14.8. The molecule has 2 rings (SSSR count). The number of hydrogen-bond acceptors (Lipinski definition) is 4. The van der Waals surface area contributed by atoms with Gasteiger partial charge in [-0.2, -0.15) is 0 Å².